The molecule has 0 unspecified atom stereocenters. The molecule has 0 amide bonds. The highest BCUT2D eigenvalue weighted by molar-refractivity contribution is 5.94. The van der Waals surface area contributed by atoms with Crippen molar-refractivity contribution in [3.8, 4) is 0 Å². The van der Waals surface area contributed by atoms with E-state index in [2.05, 4.69) is 0 Å². The molecule has 2 rings (SSSR count). The molecule has 0 radical (unpaired) electrons. The molecule has 1 heterocycles. The number of rotatable bonds is 0. The van der Waals surface area contributed by atoms with Gasteiger partial charge in [0, 0.05) is 18.4 Å². The molecular weight excluding hydrogens is 152 g/mol. The van der Waals surface area contributed by atoms with Crippen LogP contribution in [0.15, 0.2) is 16.6 Å². The van der Waals surface area contributed by atoms with E-state index in [0.29, 0.717) is 6.42 Å². The molecule has 0 spiro atoms. The van der Waals surface area contributed by atoms with E-state index in [1.807, 2.05) is 19.1 Å². The molecule has 0 fully saturated rings. The Balaban J connectivity index is 2.44. The first-order valence-corrected chi connectivity index (χ1v) is 4.06. The number of ketones is 1. The van der Waals surface area contributed by atoms with Crippen LogP contribution >= 0.6 is 0 Å². The van der Waals surface area contributed by atoms with Crippen LogP contribution in [-0.4, -0.2) is 5.78 Å². The summed E-state index contributed by atoms with van der Waals surface area (Å²) >= 11 is 0. The zero-order valence-electron chi connectivity index (χ0n) is 6.96. The summed E-state index contributed by atoms with van der Waals surface area (Å²) in [5, 5.41) is 0. The number of allylic oxidation sites excluding steroid dienone is 1. The van der Waals surface area contributed by atoms with Crippen LogP contribution in [0.1, 0.15) is 23.5 Å². The second-order valence-electron chi connectivity index (χ2n) is 3.04. The van der Waals surface area contributed by atoms with Gasteiger partial charge in [0.05, 0.1) is 0 Å². The highest BCUT2D eigenvalue weighted by atomic mass is 16.3. The summed E-state index contributed by atoms with van der Waals surface area (Å²) in [6.45, 7) is 1.92. The lowest BCUT2D eigenvalue weighted by atomic mass is 10.2. The molecule has 0 aliphatic heterocycles. The van der Waals surface area contributed by atoms with Crippen molar-refractivity contribution in [2.45, 2.75) is 19.8 Å². The van der Waals surface area contributed by atoms with Gasteiger partial charge in [-0.05, 0) is 25.1 Å². The SMILES string of the molecule is Cc1cc2c(o1)CCC(=O)C=C2. The largest absolute Gasteiger partial charge is 0.466 e. The van der Waals surface area contributed by atoms with Crippen molar-refractivity contribution >= 4 is 11.9 Å². The van der Waals surface area contributed by atoms with Gasteiger partial charge in [-0.25, -0.2) is 0 Å². The Kier molecular flexibility index (Phi) is 1.61. The molecule has 2 nitrogen and oxygen atoms in total. The van der Waals surface area contributed by atoms with E-state index in [1.54, 1.807) is 6.08 Å². The molecule has 62 valence electrons. The zero-order chi connectivity index (χ0) is 8.55. The smallest absolute Gasteiger partial charge is 0.156 e. The van der Waals surface area contributed by atoms with Crippen LogP contribution in [0.3, 0.4) is 0 Å². The molecule has 0 bridgehead atoms. The fourth-order valence-corrected chi connectivity index (χ4v) is 1.42. The van der Waals surface area contributed by atoms with Gasteiger partial charge < -0.3 is 4.42 Å². The number of aryl methyl sites for hydroxylation is 2. The monoisotopic (exact) mass is 162 g/mol. The van der Waals surface area contributed by atoms with Crippen molar-refractivity contribution in [2.75, 3.05) is 0 Å². The second kappa shape index (κ2) is 2.63. The Morgan fingerprint density at radius 3 is 3.00 bits per heavy atom. The lowest BCUT2D eigenvalue weighted by molar-refractivity contribution is -0.114. The van der Waals surface area contributed by atoms with Gasteiger partial charge >= 0.3 is 0 Å². The van der Waals surface area contributed by atoms with Crippen LogP contribution in [0, 0.1) is 6.92 Å². The molecule has 0 saturated carbocycles. The van der Waals surface area contributed by atoms with Crippen LogP contribution < -0.4 is 0 Å². The van der Waals surface area contributed by atoms with Crippen molar-refractivity contribution in [2.24, 2.45) is 0 Å². The quantitative estimate of drug-likeness (QED) is 0.584. The summed E-state index contributed by atoms with van der Waals surface area (Å²) < 4.78 is 5.43. The summed E-state index contributed by atoms with van der Waals surface area (Å²) in [6.07, 6.45) is 4.76. The van der Waals surface area contributed by atoms with Gasteiger partial charge in [0.2, 0.25) is 0 Å². The molecule has 1 aliphatic carbocycles. The normalized spacial score (nSPS) is 15.9. The Labute approximate surface area is 70.9 Å². The highest BCUT2D eigenvalue weighted by Gasteiger charge is 2.11. The van der Waals surface area contributed by atoms with Crippen LogP contribution in [0.4, 0.5) is 0 Å². The molecule has 0 aromatic carbocycles. The van der Waals surface area contributed by atoms with Crippen LogP contribution in [0.5, 0.6) is 0 Å². The fourth-order valence-electron chi connectivity index (χ4n) is 1.42. The standard InChI is InChI=1S/C10H10O2/c1-7-6-8-2-3-9(11)4-5-10(8)12-7/h2-3,6H,4-5H2,1H3. The Hall–Kier alpha value is -1.31. The maximum atomic E-state index is 11.0. The molecule has 1 aromatic heterocycles. The number of fused-ring (bicyclic) bond motifs is 1. The van der Waals surface area contributed by atoms with Crippen LogP contribution in [-0.2, 0) is 11.2 Å². The lowest BCUT2D eigenvalue weighted by Gasteiger charge is -1.91. The zero-order valence-corrected chi connectivity index (χ0v) is 6.96. The third kappa shape index (κ3) is 1.20. The number of carbonyl (C=O) groups excluding carboxylic acids is 1. The topological polar surface area (TPSA) is 30.2 Å². The second-order valence-corrected chi connectivity index (χ2v) is 3.04. The molecule has 1 aliphatic rings. The van der Waals surface area contributed by atoms with Gasteiger partial charge in [0.15, 0.2) is 5.78 Å². The maximum Gasteiger partial charge on any atom is 0.156 e. The summed E-state index contributed by atoms with van der Waals surface area (Å²) in [5.41, 5.74) is 1.05. The maximum absolute atomic E-state index is 11.0. The number of carbonyl (C=O) groups is 1. The third-order valence-electron chi connectivity index (χ3n) is 2.01. The Bertz CT molecular complexity index is 345. The van der Waals surface area contributed by atoms with Gasteiger partial charge in [-0.3, -0.25) is 4.79 Å². The number of hydrogen-bond donors (Lipinski definition) is 0. The summed E-state index contributed by atoms with van der Waals surface area (Å²) in [7, 11) is 0. The molecule has 2 heteroatoms. The first-order chi connectivity index (χ1) is 5.75. The Morgan fingerprint density at radius 1 is 1.33 bits per heavy atom. The predicted molar refractivity (Wildman–Crippen MR) is 45.8 cm³/mol. The van der Waals surface area contributed by atoms with Gasteiger partial charge in [-0.2, -0.15) is 0 Å². The Morgan fingerprint density at radius 2 is 2.17 bits per heavy atom. The average Bonchev–Trinajstić information content (AvgIpc) is 2.31. The summed E-state index contributed by atoms with van der Waals surface area (Å²) in [4.78, 5) is 11.0. The van der Waals surface area contributed by atoms with Gasteiger partial charge in [0.1, 0.15) is 11.5 Å². The van der Waals surface area contributed by atoms with Crippen molar-refractivity contribution < 1.29 is 9.21 Å². The molecule has 0 saturated heterocycles. The predicted octanol–water partition coefficient (Wildman–Crippen LogP) is 2.12. The van der Waals surface area contributed by atoms with E-state index < -0.39 is 0 Å². The van der Waals surface area contributed by atoms with Crippen molar-refractivity contribution in [3.05, 3.63) is 29.2 Å². The number of hydrogen-bond acceptors (Lipinski definition) is 2. The van der Waals surface area contributed by atoms with E-state index in [9.17, 15) is 4.79 Å². The van der Waals surface area contributed by atoms with Crippen LogP contribution in [0.25, 0.3) is 6.08 Å². The van der Waals surface area contributed by atoms with E-state index >= 15 is 0 Å². The minimum absolute atomic E-state index is 0.180. The van der Waals surface area contributed by atoms with Crippen molar-refractivity contribution in [1.82, 2.24) is 0 Å². The average molecular weight is 162 g/mol. The molecular formula is C10H10O2. The van der Waals surface area contributed by atoms with Gasteiger partial charge in [0.25, 0.3) is 0 Å². The fraction of sp³-hybridized carbons (Fsp3) is 0.300. The highest BCUT2D eigenvalue weighted by Crippen LogP contribution is 2.20. The molecule has 12 heavy (non-hydrogen) atoms. The minimum atomic E-state index is 0.180. The van der Waals surface area contributed by atoms with E-state index in [-0.39, 0.29) is 5.78 Å². The third-order valence-corrected chi connectivity index (χ3v) is 2.01. The summed E-state index contributed by atoms with van der Waals surface area (Å²) in [5.74, 6) is 2.03. The van der Waals surface area contributed by atoms with E-state index in [1.165, 1.54) is 0 Å². The summed E-state index contributed by atoms with van der Waals surface area (Å²) in [6, 6.07) is 1.96. The van der Waals surface area contributed by atoms with Crippen LogP contribution in [0.2, 0.25) is 0 Å². The van der Waals surface area contributed by atoms with Gasteiger partial charge in [-0.1, -0.05) is 0 Å². The van der Waals surface area contributed by atoms with E-state index in [0.717, 1.165) is 23.5 Å². The lowest BCUT2D eigenvalue weighted by Crippen LogP contribution is -1.92. The molecule has 1 aromatic rings. The first-order valence-electron chi connectivity index (χ1n) is 4.06. The number of furan rings is 1. The first kappa shape index (κ1) is 7.35. The molecule has 0 atom stereocenters. The van der Waals surface area contributed by atoms with Crippen molar-refractivity contribution in [3.63, 3.8) is 0 Å². The van der Waals surface area contributed by atoms with Gasteiger partial charge in [-0.15, -0.1) is 0 Å². The van der Waals surface area contributed by atoms with E-state index in [4.69, 9.17) is 4.42 Å². The molecule has 0 N–H and O–H groups in total. The minimum Gasteiger partial charge on any atom is -0.466 e. The van der Waals surface area contributed by atoms with Crippen molar-refractivity contribution in [1.29, 1.82) is 0 Å².